The van der Waals surface area contributed by atoms with Crippen molar-refractivity contribution in [2.24, 2.45) is 5.92 Å². The first-order valence-electron chi connectivity index (χ1n) is 7.92. The highest BCUT2D eigenvalue weighted by Gasteiger charge is 2.24. The average Bonchev–Trinajstić information content (AvgIpc) is 2.52. The van der Waals surface area contributed by atoms with Gasteiger partial charge in [0.05, 0.1) is 6.54 Å². The van der Waals surface area contributed by atoms with Crippen molar-refractivity contribution in [1.29, 1.82) is 0 Å². The molecule has 1 heterocycles. The summed E-state index contributed by atoms with van der Waals surface area (Å²) in [4.78, 5) is 24.6. The van der Waals surface area contributed by atoms with Gasteiger partial charge in [0.2, 0.25) is 11.8 Å². The van der Waals surface area contributed by atoms with Crippen LogP contribution >= 0.6 is 0 Å². The van der Waals surface area contributed by atoms with Crippen molar-refractivity contribution in [3.63, 3.8) is 0 Å². The number of hydrogen-bond acceptors (Lipinski definition) is 2. The maximum Gasteiger partial charge on any atom is 0.241 e. The molecule has 0 aliphatic carbocycles. The standard InChI is InChI=1S/C17H22F2N2O2/c1-12(22)20-10-17(23)21-9-3-4-13(11-21)7-8-14-15(18)5-2-6-16(14)19/h2,5-6,13H,3-4,7-11H2,1H3,(H,20,22)/t13-/m1/s1. The van der Waals surface area contributed by atoms with Gasteiger partial charge in [0, 0.05) is 25.6 Å². The Balaban J connectivity index is 1.86. The Morgan fingerprint density at radius 1 is 1.30 bits per heavy atom. The highest BCUT2D eigenvalue weighted by molar-refractivity contribution is 5.83. The van der Waals surface area contributed by atoms with Crippen molar-refractivity contribution in [3.8, 4) is 0 Å². The van der Waals surface area contributed by atoms with Crippen LogP contribution in [0.2, 0.25) is 0 Å². The zero-order valence-corrected chi connectivity index (χ0v) is 13.3. The van der Waals surface area contributed by atoms with Gasteiger partial charge in [0.15, 0.2) is 0 Å². The molecule has 2 rings (SSSR count). The first kappa shape index (κ1) is 17.4. The topological polar surface area (TPSA) is 49.4 Å². The first-order chi connectivity index (χ1) is 11.0. The van der Waals surface area contributed by atoms with E-state index in [0.717, 1.165) is 12.8 Å². The van der Waals surface area contributed by atoms with Crippen LogP contribution in [0.25, 0.3) is 0 Å². The van der Waals surface area contributed by atoms with E-state index in [9.17, 15) is 18.4 Å². The molecule has 1 atom stereocenters. The largest absolute Gasteiger partial charge is 0.347 e. The molecule has 0 aromatic heterocycles. The predicted octanol–water partition coefficient (Wildman–Crippen LogP) is 2.27. The number of carbonyl (C=O) groups excluding carboxylic acids is 2. The second-order valence-corrected chi connectivity index (χ2v) is 6.00. The van der Waals surface area contributed by atoms with Gasteiger partial charge in [-0.25, -0.2) is 8.78 Å². The van der Waals surface area contributed by atoms with Crippen LogP contribution in [0.5, 0.6) is 0 Å². The van der Waals surface area contributed by atoms with Crippen LogP contribution in [-0.2, 0) is 16.0 Å². The number of carbonyl (C=O) groups is 2. The molecule has 1 aliphatic rings. The molecule has 6 heteroatoms. The van der Waals surface area contributed by atoms with E-state index in [-0.39, 0.29) is 29.8 Å². The van der Waals surface area contributed by atoms with Crippen molar-refractivity contribution < 1.29 is 18.4 Å². The van der Waals surface area contributed by atoms with E-state index in [0.29, 0.717) is 25.9 Å². The number of halogens is 2. The van der Waals surface area contributed by atoms with Crippen molar-refractivity contribution in [3.05, 3.63) is 35.4 Å². The molecule has 1 aliphatic heterocycles. The molecule has 0 spiro atoms. The first-order valence-corrected chi connectivity index (χ1v) is 7.92. The van der Waals surface area contributed by atoms with Gasteiger partial charge in [-0.1, -0.05) is 6.07 Å². The summed E-state index contributed by atoms with van der Waals surface area (Å²) in [5.74, 6) is -1.15. The van der Waals surface area contributed by atoms with Crippen LogP contribution in [0.4, 0.5) is 8.78 Å². The lowest BCUT2D eigenvalue weighted by atomic mass is 9.91. The molecule has 1 aromatic rings. The minimum absolute atomic E-state index is 0.00396. The van der Waals surface area contributed by atoms with E-state index in [2.05, 4.69) is 5.32 Å². The average molecular weight is 324 g/mol. The SMILES string of the molecule is CC(=O)NCC(=O)N1CCC[C@H](CCc2c(F)cccc2F)C1. The second-order valence-electron chi connectivity index (χ2n) is 6.00. The van der Waals surface area contributed by atoms with Gasteiger partial charge < -0.3 is 10.2 Å². The molecule has 4 nitrogen and oxygen atoms in total. The lowest BCUT2D eigenvalue weighted by molar-refractivity contribution is -0.134. The van der Waals surface area contributed by atoms with Crippen LogP contribution in [0, 0.1) is 17.6 Å². The number of benzene rings is 1. The normalized spacial score (nSPS) is 17.9. The molecular weight excluding hydrogens is 302 g/mol. The Hall–Kier alpha value is -1.98. The summed E-state index contributed by atoms with van der Waals surface area (Å²) in [5.41, 5.74) is 0.120. The molecule has 0 bridgehead atoms. The Morgan fingerprint density at radius 2 is 2.00 bits per heavy atom. The molecular formula is C17H22F2N2O2. The van der Waals surface area contributed by atoms with Crippen LogP contribution in [0.15, 0.2) is 18.2 Å². The highest BCUT2D eigenvalue weighted by atomic mass is 19.1. The molecule has 1 aromatic carbocycles. The minimum atomic E-state index is -0.514. The minimum Gasteiger partial charge on any atom is -0.347 e. The summed E-state index contributed by atoms with van der Waals surface area (Å²) >= 11 is 0. The van der Waals surface area contributed by atoms with E-state index in [4.69, 9.17) is 0 Å². The molecule has 0 radical (unpaired) electrons. The monoisotopic (exact) mass is 324 g/mol. The molecule has 0 unspecified atom stereocenters. The smallest absolute Gasteiger partial charge is 0.241 e. The van der Waals surface area contributed by atoms with Crippen molar-refractivity contribution >= 4 is 11.8 Å². The third-order valence-electron chi connectivity index (χ3n) is 4.22. The number of amides is 2. The number of nitrogens with zero attached hydrogens (tertiary/aromatic N) is 1. The fourth-order valence-electron chi connectivity index (χ4n) is 2.96. The van der Waals surface area contributed by atoms with Gasteiger partial charge in [-0.2, -0.15) is 0 Å². The number of nitrogens with one attached hydrogen (secondary N) is 1. The molecule has 1 saturated heterocycles. The van der Waals surface area contributed by atoms with Gasteiger partial charge in [0.25, 0.3) is 0 Å². The molecule has 1 N–H and O–H groups in total. The number of likely N-dealkylation sites (tertiary alicyclic amines) is 1. The second kappa shape index (κ2) is 8.04. The fourth-order valence-corrected chi connectivity index (χ4v) is 2.96. The summed E-state index contributed by atoms with van der Waals surface area (Å²) in [6.07, 6.45) is 2.79. The fraction of sp³-hybridized carbons (Fsp3) is 0.529. The quantitative estimate of drug-likeness (QED) is 0.903. The highest BCUT2D eigenvalue weighted by Crippen LogP contribution is 2.23. The molecule has 0 saturated carbocycles. The van der Waals surface area contributed by atoms with E-state index < -0.39 is 11.6 Å². The summed E-state index contributed by atoms with van der Waals surface area (Å²) in [6, 6.07) is 3.89. The third-order valence-corrected chi connectivity index (χ3v) is 4.22. The maximum absolute atomic E-state index is 13.6. The van der Waals surface area contributed by atoms with Crippen molar-refractivity contribution in [2.45, 2.75) is 32.6 Å². The summed E-state index contributed by atoms with van der Waals surface area (Å²) in [5, 5.41) is 2.50. The molecule has 1 fully saturated rings. The van der Waals surface area contributed by atoms with Crippen molar-refractivity contribution in [1.82, 2.24) is 10.2 Å². The maximum atomic E-state index is 13.6. The lowest BCUT2D eigenvalue weighted by Gasteiger charge is -2.33. The summed E-state index contributed by atoms with van der Waals surface area (Å²) < 4.78 is 27.3. The third kappa shape index (κ3) is 5.01. The predicted molar refractivity (Wildman–Crippen MR) is 82.7 cm³/mol. The molecule has 2 amide bonds. The summed E-state index contributed by atoms with van der Waals surface area (Å²) in [6.45, 7) is 2.62. The van der Waals surface area contributed by atoms with E-state index >= 15 is 0 Å². The Kier molecular flexibility index (Phi) is 6.07. The Labute approximate surface area is 134 Å². The number of hydrogen-bond donors (Lipinski definition) is 1. The number of rotatable bonds is 5. The molecule has 126 valence electrons. The van der Waals surface area contributed by atoms with E-state index in [1.807, 2.05) is 0 Å². The van der Waals surface area contributed by atoms with Crippen LogP contribution in [-0.4, -0.2) is 36.3 Å². The van der Waals surface area contributed by atoms with Gasteiger partial charge in [-0.15, -0.1) is 0 Å². The van der Waals surface area contributed by atoms with Crippen LogP contribution in [0.1, 0.15) is 31.7 Å². The van der Waals surface area contributed by atoms with Crippen molar-refractivity contribution in [2.75, 3.05) is 19.6 Å². The van der Waals surface area contributed by atoms with E-state index in [1.54, 1.807) is 4.90 Å². The lowest BCUT2D eigenvalue weighted by Crippen LogP contribution is -2.44. The Bertz CT molecular complexity index is 557. The number of piperidine rings is 1. The van der Waals surface area contributed by atoms with Gasteiger partial charge in [0.1, 0.15) is 11.6 Å². The van der Waals surface area contributed by atoms with Gasteiger partial charge in [-0.3, -0.25) is 9.59 Å². The Morgan fingerprint density at radius 3 is 2.65 bits per heavy atom. The van der Waals surface area contributed by atoms with Gasteiger partial charge in [-0.05, 0) is 43.7 Å². The zero-order valence-electron chi connectivity index (χ0n) is 13.3. The van der Waals surface area contributed by atoms with E-state index in [1.165, 1.54) is 25.1 Å². The van der Waals surface area contributed by atoms with Crippen LogP contribution < -0.4 is 5.32 Å². The summed E-state index contributed by atoms with van der Waals surface area (Å²) in [7, 11) is 0. The van der Waals surface area contributed by atoms with Gasteiger partial charge >= 0.3 is 0 Å². The molecule has 23 heavy (non-hydrogen) atoms. The van der Waals surface area contributed by atoms with Crippen LogP contribution in [0.3, 0.4) is 0 Å². The zero-order chi connectivity index (χ0) is 16.8.